The van der Waals surface area contributed by atoms with Crippen LogP contribution < -0.4 is 15.0 Å². The lowest BCUT2D eigenvalue weighted by atomic mass is 10.0. The molecule has 34 heavy (non-hydrogen) atoms. The lowest BCUT2D eigenvalue weighted by Gasteiger charge is -2.34. The molecule has 2 aromatic carbocycles. The van der Waals surface area contributed by atoms with E-state index < -0.39 is 6.03 Å². The summed E-state index contributed by atoms with van der Waals surface area (Å²) in [7, 11) is 0. The van der Waals surface area contributed by atoms with E-state index in [9.17, 15) is 14.4 Å². The number of nitrogens with one attached hydrogen (secondary N) is 2. The molecule has 0 saturated carbocycles. The Morgan fingerprint density at radius 2 is 1.94 bits per heavy atom. The number of hydrogen-bond donors (Lipinski definition) is 2. The van der Waals surface area contributed by atoms with Crippen molar-refractivity contribution in [2.24, 2.45) is 0 Å². The predicted molar refractivity (Wildman–Crippen MR) is 123 cm³/mol. The normalized spacial score (nSPS) is 18.2. The first kappa shape index (κ1) is 21.6. The predicted octanol–water partition coefficient (Wildman–Crippen LogP) is 2.66. The number of ether oxygens (including phenoxy) is 1. The molecule has 2 saturated heterocycles. The van der Waals surface area contributed by atoms with Gasteiger partial charge in [0.05, 0.1) is 6.04 Å². The monoisotopic (exact) mass is 460 g/mol. The number of nitrogens with zero attached hydrogens (tertiary/aromatic N) is 4. The molecule has 0 spiro atoms. The van der Waals surface area contributed by atoms with Crippen molar-refractivity contribution in [2.75, 3.05) is 24.6 Å². The Kier molecular flexibility index (Phi) is 5.94. The molecule has 3 aromatic rings. The number of anilines is 1. The highest BCUT2D eigenvalue weighted by Crippen LogP contribution is 2.31. The first-order valence-corrected chi connectivity index (χ1v) is 11.2. The topological polar surface area (TPSA) is 121 Å². The van der Waals surface area contributed by atoms with Gasteiger partial charge in [-0.05, 0) is 43.5 Å². The lowest BCUT2D eigenvalue weighted by molar-refractivity contribution is -0.137. The molecule has 10 nitrogen and oxygen atoms in total. The van der Waals surface area contributed by atoms with E-state index in [4.69, 9.17) is 4.74 Å². The number of hydrogen-bond acceptors (Lipinski definition) is 6. The molecule has 1 aromatic heterocycles. The molecular formula is C24H24N6O4. The molecule has 174 valence electrons. The summed E-state index contributed by atoms with van der Waals surface area (Å²) < 4.78 is 5.66. The first-order valence-electron chi connectivity index (χ1n) is 11.2. The summed E-state index contributed by atoms with van der Waals surface area (Å²) in [6.07, 6.45) is 2.69. The molecule has 0 radical (unpaired) electrons. The number of likely N-dealkylation sites (tertiary alicyclic amines) is 1. The van der Waals surface area contributed by atoms with Crippen molar-refractivity contribution in [3.63, 3.8) is 0 Å². The number of aromatic amines is 1. The van der Waals surface area contributed by atoms with Crippen molar-refractivity contribution in [2.45, 2.75) is 25.3 Å². The van der Waals surface area contributed by atoms with Gasteiger partial charge in [-0.15, -0.1) is 0 Å². The average molecular weight is 460 g/mol. The van der Waals surface area contributed by atoms with Gasteiger partial charge in [-0.3, -0.25) is 24.9 Å². The SMILES string of the molecule is O=C1CN(c2cccc(-c3n[nH]c(C4CCCCN4C(=O)COc4ccccc4)n3)c2)C(=O)N1. The van der Waals surface area contributed by atoms with Crippen molar-refractivity contribution in [1.29, 1.82) is 0 Å². The molecule has 2 aliphatic heterocycles. The fourth-order valence-corrected chi connectivity index (χ4v) is 4.27. The van der Waals surface area contributed by atoms with Crippen molar-refractivity contribution in [1.82, 2.24) is 25.4 Å². The van der Waals surface area contributed by atoms with Crippen LogP contribution >= 0.6 is 0 Å². The molecule has 5 rings (SSSR count). The minimum Gasteiger partial charge on any atom is -0.484 e. The van der Waals surface area contributed by atoms with E-state index in [1.54, 1.807) is 23.1 Å². The molecule has 0 aliphatic carbocycles. The van der Waals surface area contributed by atoms with Gasteiger partial charge in [0.1, 0.15) is 18.1 Å². The van der Waals surface area contributed by atoms with Gasteiger partial charge in [0.25, 0.3) is 5.91 Å². The van der Waals surface area contributed by atoms with E-state index in [1.165, 1.54) is 4.90 Å². The number of aromatic nitrogens is 3. The zero-order chi connectivity index (χ0) is 23.5. The minimum atomic E-state index is -0.452. The van der Waals surface area contributed by atoms with Crippen LogP contribution in [0.5, 0.6) is 5.75 Å². The summed E-state index contributed by atoms with van der Waals surface area (Å²) in [5, 5.41) is 9.62. The molecule has 3 heterocycles. The third-order valence-corrected chi connectivity index (χ3v) is 5.96. The third kappa shape index (κ3) is 4.47. The van der Waals surface area contributed by atoms with Crippen LogP contribution in [0.25, 0.3) is 11.4 Å². The van der Waals surface area contributed by atoms with Crippen LogP contribution in [-0.4, -0.2) is 57.6 Å². The van der Waals surface area contributed by atoms with Gasteiger partial charge in [0.2, 0.25) is 5.91 Å². The Bertz CT molecular complexity index is 1210. The molecule has 10 heteroatoms. The smallest absolute Gasteiger partial charge is 0.329 e. The number of benzene rings is 2. The second-order valence-electron chi connectivity index (χ2n) is 8.23. The summed E-state index contributed by atoms with van der Waals surface area (Å²) in [5.41, 5.74) is 1.29. The summed E-state index contributed by atoms with van der Waals surface area (Å²) in [4.78, 5) is 44.3. The third-order valence-electron chi connectivity index (χ3n) is 5.96. The maximum atomic E-state index is 12.9. The van der Waals surface area contributed by atoms with Crippen LogP contribution in [0.1, 0.15) is 31.1 Å². The van der Waals surface area contributed by atoms with Gasteiger partial charge >= 0.3 is 6.03 Å². The lowest BCUT2D eigenvalue weighted by Crippen LogP contribution is -2.41. The van der Waals surface area contributed by atoms with Gasteiger partial charge in [-0.25, -0.2) is 9.78 Å². The summed E-state index contributed by atoms with van der Waals surface area (Å²) >= 11 is 0. The number of piperidine rings is 1. The molecule has 4 amide bonds. The van der Waals surface area contributed by atoms with Gasteiger partial charge in [-0.1, -0.05) is 30.3 Å². The van der Waals surface area contributed by atoms with Crippen LogP contribution in [0, 0.1) is 0 Å². The van der Waals surface area contributed by atoms with Crippen molar-refractivity contribution in [3.8, 4) is 17.1 Å². The van der Waals surface area contributed by atoms with E-state index in [1.807, 2.05) is 36.4 Å². The molecular weight excluding hydrogens is 436 g/mol. The standard InChI is InChI=1S/C24H24N6O4/c31-20-14-30(24(33)25-20)17-8-6-7-16(13-17)22-26-23(28-27-22)19-11-4-5-12-29(19)21(32)15-34-18-9-2-1-3-10-18/h1-3,6-10,13,19H,4-5,11-12,14-15H2,(H,25,31,33)(H,26,27,28). The summed E-state index contributed by atoms with van der Waals surface area (Å²) in [5.74, 6) is 1.29. The Morgan fingerprint density at radius 3 is 2.74 bits per heavy atom. The number of para-hydroxylation sites is 1. The van der Waals surface area contributed by atoms with Gasteiger partial charge in [-0.2, -0.15) is 5.10 Å². The summed E-state index contributed by atoms with van der Waals surface area (Å²) in [6.45, 7) is 0.567. The van der Waals surface area contributed by atoms with Crippen LogP contribution in [-0.2, 0) is 9.59 Å². The molecule has 0 bridgehead atoms. The highest BCUT2D eigenvalue weighted by molar-refractivity contribution is 6.12. The van der Waals surface area contributed by atoms with E-state index in [2.05, 4.69) is 20.5 Å². The first-order chi connectivity index (χ1) is 16.6. The number of rotatable bonds is 6. The zero-order valence-corrected chi connectivity index (χ0v) is 18.4. The van der Waals surface area contributed by atoms with Crippen LogP contribution in [0.15, 0.2) is 54.6 Å². The maximum Gasteiger partial charge on any atom is 0.329 e. The second-order valence-corrected chi connectivity index (χ2v) is 8.23. The fraction of sp³-hybridized carbons (Fsp3) is 0.292. The quantitative estimate of drug-likeness (QED) is 0.546. The van der Waals surface area contributed by atoms with E-state index >= 15 is 0 Å². The van der Waals surface area contributed by atoms with Crippen molar-refractivity contribution < 1.29 is 19.1 Å². The number of amides is 4. The number of imide groups is 1. The van der Waals surface area contributed by atoms with Gasteiger partial charge in [0.15, 0.2) is 12.4 Å². The van der Waals surface area contributed by atoms with Crippen molar-refractivity contribution >= 4 is 23.5 Å². The Hall–Kier alpha value is -4.21. The highest BCUT2D eigenvalue weighted by atomic mass is 16.5. The molecule has 2 fully saturated rings. The van der Waals surface area contributed by atoms with Crippen LogP contribution in [0.4, 0.5) is 10.5 Å². The molecule has 1 unspecified atom stereocenters. The second kappa shape index (κ2) is 9.34. The van der Waals surface area contributed by atoms with E-state index in [0.29, 0.717) is 35.2 Å². The number of carbonyl (C=O) groups is 3. The molecule has 2 aliphatic rings. The van der Waals surface area contributed by atoms with E-state index in [-0.39, 0.29) is 31.0 Å². The van der Waals surface area contributed by atoms with Gasteiger partial charge < -0.3 is 9.64 Å². The average Bonchev–Trinajstić information content (AvgIpc) is 3.49. The molecule has 1 atom stereocenters. The minimum absolute atomic E-state index is 0.0221. The van der Waals surface area contributed by atoms with Gasteiger partial charge in [0, 0.05) is 17.8 Å². The number of urea groups is 1. The van der Waals surface area contributed by atoms with Crippen LogP contribution in [0.3, 0.4) is 0 Å². The largest absolute Gasteiger partial charge is 0.484 e. The number of H-pyrrole nitrogens is 1. The fourth-order valence-electron chi connectivity index (χ4n) is 4.27. The Morgan fingerprint density at radius 1 is 1.09 bits per heavy atom. The van der Waals surface area contributed by atoms with Crippen molar-refractivity contribution in [3.05, 3.63) is 60.4 Å². The summed E-state index contributed by atoms with van der Waals surface area (Å²) in [6, 6.07) is 15.7. The number of carbonyl (C=O) groups excluding carboxylic acids is 3. The molecule has 2 N–H and O–H groups in total. The Balaban J connectivity index is 1.32. The highest BCUT2D eigenvalue weighted by Gasteiger charge is 2.31. The van der Waals surface area contributed by atoms with E-state index in [0.717, 1.165) is 19.3 Å². The Labute approximate surface area is 195 Å². The van der Waals surface area contributed by atoms with Crippen LogP contribution in [0.2, 0.25) is 0 Å². The maximum absolute atomic E-state index is 12.9. The zero-order valence-electron chi connectivity index (χ0n) is 18.4.